The maximum Gasteiger partial charge on any atom is 0.205 e. The van der Waals surface area contributed by atoms with Crippen molar-refractivity contribution in [3.05, 3.63) is 11.9 Å². The molecule has 96 valence electrons. The van der Waals surface area contributed by atoms with Gasteiger partial charge in [0.15, 0.2) is 0 Å². The molecule has 17 heavy (non-hydrogen) atoms. The van der Waals surface area contributed by atoms with Crippen LogP contribution in [-0.2, 0) is 18.2 Å². The smallest absolute Gasteiger partial charge is 0.205 e. The Morgan fingerprint density at radius 3 is 3.00 bits per heavy atom. The number of ether oxygens (including phenoxy) is 1. The molecule has 1 saturated heterocycles. The molecule has 2 heterocycles. The molecule has 2 atom stereocenters. The topological polar surface area (TPSA) is 56.3 Å². The number of hydrogen-bond acceptors (Lipinski definition) is 4. The van der Waals surface area contributed by atoms with Crippen molar-refractivity contribution < 1.29 is 4.74 Å². The fourth-order valence-corrected chi connectivity index (χ4v) is 2.16. The highest BCUT2D eigenvalue weighted by atomic mass is 16.5. The number of morpholine rings is 1. The number of aryl methyl sites for hydroxylation is 2. The van der Waals surface area contributed by atoms with Gasteiger partial charge in [-0.2, -0.15) is 0 Å². The van der Waals surface area contributed by atoms with E-state index < -0.39 is 0 Å². The number of aromatic nitrogens is 2. The van der Waals surface area contributed by atoms with Gasteiger partial charge in [0.2, 0.25) is 5.95 Å². The third-order valence-electron chi connectivity index (χ3n) is 3.23. The lowest BCUT2D eigenvalue weighted by molar-refractivity contribution is 0.0269. The second kappa shape index (κ2) is 5.06. The van der Waals surface area contributed by atoms with Gasteiger partial charge < -0.3 is 19.9 Å². The molecule has 1 fully saturated rings. The third-order valence-corrected chi connectivity index (χ3v) is 3.23. The van der Waals surface area contributed by atoms with Gasteiger partial charge in [-0.3, -0.25) is 0 Å². The van der Waals surface area contributed by atoms with E-state index in [1.165, 1.54) is 0 Å². The molecule has 5 heteroatoms. The first-order valence-corrected chi connectivity index (χ1v) is 6.26. The molecule has 1 aromatic rings. The van der Waals surface area contributed by atoms with Crippen LogP contribution in [0.2, 0.25) is 0 Å². The molecular weight excluding hydrogens is 216 g/mol. The zero-order chi connectivity index (χ0) is 12.4. The van der Waals surface area contributed by atoms with Crippen molar-refractivity contribution in [2.45, 2.75) is 32.4 Å². The van der Waals surface area contributed by atoms with Crippen LogP contribution in [-0.4, -0.2) is 41.4 Å². The number of imidazole rings is 1. The van der Waals surface area contributed by atoms with E-state index in [2.05, 4.69) is 27.6 Å². The van der Waals surface area contributed by atoms with Gasteiger partial charge in [0.25, 0.3) is 0 Å². The Morgan fingerprint density at radius 1 is 1.65 bits per heavy atom. The summed E-state index contributed by atoms with van der Waals surface area (Å²) in [6.45, 7) is 6.55. The van der Waals surface area contributed by atoms with E-state index in [0.29, 0.717) is 0 Å². The van der Waals surface area contributed by atoms with Crippen molar-refractivity contribution in [1.82, 2.24) is 9.55 Å². The summed E-state index contributed by atoms with van der Waals surface area (Å²) < 4.78 is 7.75. The monoisotopic (exact) mass is 238 g/mol. The minimum absolute atomic E-state index is 0.0590. The Labute approximate surface area is 103 Å². The van der Waals surface area contributed by atoms with E-state index in [9.17, 15) is 0 Å². The second-order valence-electron chi connectivity index (χ2n) is 4.71. The molecule has 1 aromatic heterocycles. The van der Waals surface area contributed by atoms with Crippen LogP contribution in [0.1, 0.15) is 19.5 Å². The van der Waals surface area contributed by atoms with Gasteiger partial charge >= 0.3 is 0 Å². The number of anilines is 1. The van der Waals surface area contributed by atoms with E-state index in [0.717, 1.165) is 37.8 Å². The fraction of sp³-hybridized carbons (Fsp3) is 0.750. The quantitative estimate of drug-likeness (QED) is 0.835. The fourth-order valence-electron chi connectivity index (χ4n) is 2.16. The average Bonchev–Trinajstić information content (AvgIpc) is 2.71. The summed E-state index contributed by atoms with van der Waals surface area (Å²) in [6, 6.07) is 0.0590. The molecule has 0 radical (unpaired) electrons. The molecule has 1 aliphatic heterocycles. The maximum atomic E-state index is 5.90. The highest BCUT2D eigenvalue weighted by Gasteiger charge is 2.25. The van der Waals surface area contributed by atoms with Gasteiger partial charge in [-0.05, 0) is 13.3 Å². The molecule has 0 saturated carbocycles. The van der Waals surface area contributed by atoms with E-state index in [1.807, 2.05) is 14.0 Å². The van der Waals surface area contributed by atoms with Crippen LogP contribution in [0.15, 0.2) is 6.20 Å². The predicted molar refractivity (Wildman–Crippen MR) is 68.2 cm³/mol. The first-order valence-electron chi connectivity index (χ1n) is 6.26. The van der Waals surface area contributed by atoms with Crippen LogP contribution in [0.4, 0.5) is 5.95 Å². The number of nitrogens with zero attached hydrogens (tertiary/aromatic N) is 3. The summed E-state index contributed by atoms with van der Waals surface area (Å²) in [5.74, 6) is 1.02. The summed E-state index contributed by atoms with van der Waals surface area (Å²) in [5, 5.41) is 0. The van der Waals surface area contributed by atoms with E-state index in [4.69, 9.17) is 10.5 Å². The summed E-state index contributed by atoms with van der Waals surface area (Å²) in [4.78, 5) is 6.90. The van der Waals surface area contributed by atoms with Gasteiger partial charge in [0.05, 0.1) is 18.4 Å². The van der Waals surface area contributed by atoms with Crippen LogP contribution in [0.3, 0.4) is 0 Å². The van der Waals surface area contributed by atoms with Crippen molar-refractivity contribution in [3.8, 4) is 0 Å². The van der Waals surface area contributed by atoms with E-state index in [-0.39, 0.29) is 12.1 Å². The van der Waals surface area contributed by atoms with E-state index >= 15 is 0 Å². The minimum atomic E-state index is 0.0590. The van der Waals surface area contributed by atoms with Crippen LogP contribution in [0, 0.1) is 0 Å². The molecular formula is C12H22N4O. The standard InChI is InChI=1S/C12H22N4O/c1-4-10-7-15(3)12(14-10)16-5-6-17-11(8-16)9(2)13/h7,9,11H,4-6,8,13H2,1-3H3. The molecule has 0 spiro atoms. The third kappa shape index (κ3) is 2.61. The Balaban J connectivity index is 2.13. The number of nitrogens with two attached hydrogens (primary N) is 1. The Hall–Kier alpha value is -1.07. The summed E-state index contributed by atoms with van der Waals surface area (Å²) in [6.07, 6.45) is 3.16. The highest BCUT2D eigenvalue weighted by molar-refractivity contribution is 5.34. The normalized spacial score (nSPS) is 22.8. The zero-order valence-corrected chi connectivity index (χ0v) is 10.9. The number of rotatable bonds is 3. The summed E-state index contributed by atoms with van der Waals surface area (Å²) in [5.41, 5.74) is 7.03. The van der Waals surface area contributed by atoms with Crippen molar-refractivity contribution in [2.24, 2.45) is 12.8 Å². The second-order valence-corrected chi connectivity index (χ2v) is 4.71. The molecule has 0 aliphatic carbocycles. The molecule has 1 aliphatic rings. The first-order chi connectivity index (χ1) is 8.11. The summed E-state index contributed by atoms with van der Waals surface area (Å²) in [7, 11) is 2.04. The zero-order valence-electron chi connectivity index (χ0n) is 10.9. The lowest BCUT2D eigenvalue weighted by atomic mass is 10.1. The highest BCUT2D eigenvalue weighted by Crippen LogP contribution is 2.17. The lowest BCUT2D eigenvalue weighted by Crippen LogP contribution is -2.50. The van der Waals surface area contributed by atoms with Crippen LogP contribution in [0.25, 0.3) is 0 Å². The Bertz CT molecular complexity index is 375. The largest absolute Gasteiger partial charge is 0.373 e. The van der Waals surface area contributed by atoms with Crippen molar-refractivity contribution >= 4 is 5.95 Å². The van der Waals surface area contributed by atoms with Gasteiger partial charge in [0.1, 0.15) is 0 Å². The van der Waals surface area contributed by atoms with Crippen molar-refractivity contribution in [2.75, 3.05) is 24.6 Å². The van der Waals surface area contributed by atoms with Crippen molar-refractivity contribution in [1.29, 1.82) is 0 Å². The van der Waals surface area contributed by atoms with Gasteiger partial charge in [-0.15, -0.1) is 0 Å². The van der Waals surface area contributed by atoms with E-state index in [1.54, 1.807) is 0 Å². The first kappa shape index (κ1) is 12.4. The molecule has 5 nitrogen and oxygen atoms in total. The molecule has 0 aromatic carbocycles. The lowest BCUT2D eigenvalue weighted by Gasteiger charge is -2.35. The Morgan fingerprint density at radius 2 is 2.41 bits per heavy atom. The summed E-state index contributed by atoms with van der Waals surface area (Å²) >= 11 is 0. The van der Waals surface area contributed by atoms with Crippen LogP contribution >= 0.6 is 0 Å². The predicted octanol–water partition coefficient (Wildman–Crippen LogP) is 0.535. The van der Waals surface area contributed by atoms with Gasteiger partial charge in [-0.25, -0.2) is 4.98 Å². The minimum Gasteiger partial charge on any atom is -0.373 e. The molecule has 0 bridgehead atoms. The van der Waals surface area contributed by atoms with Crippen molar-refractivity contribution in [3.63, 3.8) is 0 Å². The van der Waals surface area contributed by atoms with Crippen LogP contribution < -0.4 is 10.6 Å². The molecule has 2 N–H and O–H groups in total. The molecule has 2 unspecified atom stereocenters. The van der Waals surface area contributed by atoms with Gasteiger partial charge in [-0.1, -0.05) is 6.92 Å². The Kier molecular flexibility index (Phi) is 3.69. The van der Waals surface area contributed by atoms with Gasteiger partial charge in [0, 0.05) is 32.4 Å². The van der Waals surface area contributed by atoms with Crippen LogP contribution in [0.5, 0.6) is 0 Å². The SMILES string of the molecule is CCc1cn(C)c(N2CCOC(C(C)N)C2)n1. The average molecular weight is 238 g/mol. The number of hydrogen-bond donors (Lipinski definition) is 1. The molecule has 0 amide bonds. The maximum absolute atomic E-state index is 5.90. The molecule has 2 rings (SSSR count).